The summed E-state index contributed by atoms with van der Waals surface area (Å²) in [6, 6.07) is 6.03. The topological polar surface area (TPSA) is 49.9 Å². The van der Waals surface area contributed by atoms with Crippen molar-refractivity contribution in [3.63, 3.8) is 0 Å². The maximum absolute atomic E-state index is 6.11. The summed E-state index contributed by atoms with van der Waals surface area (Å²) in [6.07, 6.45) is 4.57. The number of nitrogens with zero attached hydrogens (tertiary/aromatic N) is 1. The van der Waals surface area contributed by atoms with Gasteiger partial charge in [-0.25, -0.2) is 4.98 Å². The molecule has 1 heterocycles. The van der Waals surface area contributed by atoms with Gasteiger partial charge in [-0.1, -0.05) is 24.6 Å². The third kappa shape index (κ3) is 3.49. The molecule has 2 rings (SSSR count). The maximum Gasteiger partial charge on any atom is 0.137 e. The van der Waals surface area contributed by atoms with Gasteiger partial charge < -0.3 is 15.0 Å². The number of hydrogen-bond acceptors (Lipinski definition) is 3. The maximum atomic E-state index is 6.11. The molecule has 19 heavy (non-hydrogen) atoms. The van der Waals surface area contributed by atoms with Crippen molar-refractivity contribution in [2.45, 2.75) is 25.9 Å². The van der Waals surface area contributed by atoms with Crippen LogP contribution < -0.4 is 10.1 Å². The first kappa shape index (κ1) is 13.9. The predicted octanol–water partition coefficient (Wildman–Crippen LogP) is 3.31. The molecular weight excluding hydrogens is 262 g/mol. The van der Waals surface area contributed by atoms with Crippen LogP contribution in [0.2, 0.25) is 5.02 Å². The first-order valence-electron chi connectivity index (χ1n) is 6.29. The summed E-state index contributed by atoms with van der Waals surface area (Å²) in [4.78, 5) is 7.41. The minimum Gasteiger partial charge on any atom is -0.495 e. The van der Waals surface area contributed by atoms with Crippen LogP contribution in [0.15, 0.2) is 30.6 Å². The number of halogens is 1. The van der Waals surface area contributed by atoms with Crippen molar-refractivity contribution in [1.29, 1.82) is 0 Å². The minimum atomic E-state index is 0.218. The molecule has 0 radical (unpaired) electrons. The highest BCUT2D eigenvalue weighted by atomic mass is 35.5. The van der Waals surface area contributed by atoms with Crippen LogP contribution in [0.5, 0.6) is 5.75 Å². The van der Waals surface area contributed by atoms with Gasteiger partial charge in [-0.3, -0.25) is 0 Å². The monoisotopic (exact) mass is 279 g/mol. The summed E-state index contributed by atoms with van der Waals surface area (Å²) in [5.41, 5.74) is 1.12. The number of benzene rings is 1. The summed E-state index contributed by atoms with van der Waals surface area (Å²) >= 11 is 6.11. The van der Waals surface area contributed by atoms with E-state index < -0.39 is 0 Å². The SMILES string of the molecule is CCC(NCc1ccc(OC)c(Cl)c1)c1ncc[nH]1. The number of methoxy groups -OCH3 is 1. The highest BCUT2D eigenvalue weighted by Gasteiger charge is 2.11. The molecule has 2 aromatic rings. The Morgan fingerprint density at radius 3 is 2.89 bits per heavy atom. The number of rotatable bonds is 6. The lowest BCUT2D eigenvalue weighted by molar-refractivity contribution is 0.414. The van der Waals surface area contributed by atoms with Gasteiger partial charge in [-0.15, -0.1) is 0 Å². The van der Waals surface area contributed by atoms with Crippen molar-refractivity contribution in [3.8, 4) is 5.75 Å². The molecular formula is C14H18ClN3O. The summed E-state index contributed by atoms with van der Waals surface area (Å²) < 4.78 is 5.14. The minimum absolute atomic E-state index is 0.218. The Balaban J connectivity index is 1.99. The molecule has 0 bridgehead atoms. The van der Waals surface area contributed by atoms with E-state index in [1.165, 1.54) is 0 Å². The van der Waals surface area contributed by atoms with E-state index in [-0.39, 0.29) is 6.04 Å². The molecule has 0 amide bonds. The molecule has 5 heteroatoms. The molecule has 0 fully saturated rings. The van der Waals surface area contributed by atoms with E-state index in [0.717, 1.165) is 24.4 Å². The van der Waals surface area contributed by atoms with E-state index in [9.17, 15) is 0 Å². The van der Waals surface area contributed by atoms with Gasteiger partial charge in [0.15, 0.2) is 0 Å². The highest BCUT2D eigenvalue weighted by Crippen LogP contribution is 2.25. The van der Waals surface area contributed by atoms with Gasteiger partial charge in [0.25, 0.3) is 0 Å². The fraction of sp³-hybridized carbons (Fsp3) is 0.357. The largest absolute Gasteiger partial charge is 0.495 e. The zero-order valence-electron chi connectivity index (χ0n) is 11.1. The van der Waals surface area contributed by atoms with E-state index >= 15 is 0 Å². The van der Waals surface area contributed by atoms with Gasteiger partial charge in [0.05, 0.1) is 18.2 Å². The molecule has 1 atom stereocenters. The quantitative estimate of drug-likeness (QED) is 0.853. The number of imidazole rings is 1. The Morgan fingerprint density at radius 2 is 2.32 bits per heavy atom. The Kier molecular flexibility index (Phi) is 4.82. The van der Waals surface area contributed by atoms with Gasteiger partial charge in [-0.2, -0.15) is 0 Å². The smallest absolute Gasteiger partial charge is 0.137 e. The van der Waals surface area contributed by atoms with Gasteiger partial charge in [0, 0.05) is 18.9 Å². The Bertz CT molecular complexity index is 513. The zero-order valence-corrected chi connectivity index (χ0v) is 11.9. The number of ether oxygens (including phenoxy) is 1. The number of hydrogen-bond donors (Lipinski definition) is 2. The fourth-order valence-corrected chi connectivity index (χ4v) is 2.24. The number of aromatic nitrogens is 2. The first-order chi connectivity index (χ1) is 9.24. The molecule has 1 unspecified atom stereocenters. The Morgan fingerprint density at radius 1 is 1.47 bits per heavy atom. The van der Waals surface area contributed by atoms with E-state index in [0.29, 0.717) is 10.8 Å². The van der Waals surface area contributed by atoms with Gasteiger partial charge in [0.2, 0.25) is 0 Å². The van der Waals surface area contributed by atoms with Crippen LogP contribution in [0.25, 0.3) is 0 Å². The lowest BCUT2D eigenvalue weighted by Gasteiger charge is -2.15. The molecule has 2 N–H and O–H groups in total. The number of aromatic amines is 1. The van der Waals surface area contributed by atoms with Gasteiger partial charge in [-0.05, 0) is 24.1 Å². The molecule has 0 aliphatic heterocycles. The van der Waals surface area contributed by atoms with Crippen LogP contribution in [0.3, 0.4) is 0 Å². The molecule has 0 saturated heterocycles. The molecule has 4 nitrogen and oxygen atoms in total. The predicted molar refractivity (Wildman–Crippen MR) is 76.5 cm³/mol. The second-order valence-corrected chi connectivity index (χ2v) is 4.69. The molecule has 1 aromatic carbocycles. The second-order valence-electron chi connectivity index (χ2n) is 4.29. The molecule has 0 aliphatic carbocycles. The van der Waals surface area contributed by atoms with Crippen molar-refractivity contribution in [1.82, 2.24) is 15.3 Å². The zero-order chi connectivity index (χ0) is 13.7. The molecule has 0 aliphatic rings. The van der Waals surface area contributed by atoms with Gasteiger partial charge in [0.1, 0.15) is 11.6 Å². The van der Waals surface area contributed by atoms with E-state index in [1.54, 1.807) is 13.3 Å². The van der Waals surface area contributed by atoms with Crippen LogP contribution in [0.4, 0.5) is 0 Å². The summed E-state index contributed by atoms with van der Waals surface area (Å²) in [5.74, 6) is 1.66. The van der Waals surface area contributed by atoms with Crippen LogP contribution in [-0.4, -0.2) is 17.1 Å². The van der Waals surface area contributed by atoms with Crippen LogP contribution in [-0.2, 0) is 6.54 Å². The van der Waals surface area contributed by atoms with Crippen LogP contribution in [0, 0.1) is 0 Å². The molecule has 1 aromatic heterocycles. The van der Waals surface area contributed by atoms with E-state index in [1.807, 2.05) is 24.4 Å². The Hall–Kier alpha value is -1.52. The molecule has 0 spiro atoms. The summed E-state index contributed by atoms with van der Waals surface area (Å²) in [7, 11) is 1.61. The van der Waals surface area contributed by atoms with Crippen molar-refractivity contribution < 1.29 is 4.74 Å². The van der Waals surface area contributed by atoms with E-state index in [4.69, 9.17) is 16.3 Å². The van der Waals surface area contributed by atoms with Crippen LogP contribution in [0.1, 0.15) is 30.8 Å². The normalized spacial score (nSPS) is 12.4. The third-order valence-corrected chi connectivity index (χ3v) is 3.32. The lowest BCUT2D eigenvalue weighted by atomic mass is 10.1. The number of H-pyrrole nitrogens is 1. The van der Waals surface area contributed by atoms with Crippen molar-refractivity contribution in [2.75, 3.05) is 7.11 Å². The van der Waals surface area contributed by atoms with Crippen molar-refractivity contribution in [3.05, 3.63) is 47.0 Å². The molecule has 102 valence electrons. The fourth-order valence-electron chi connectivity index (χ4n) is 1.96. The van der Waals surface area contributed by atoms with Crippen molar-refractivity contribution in [2.24, 2.45) is 0 Å². The van der Waals surface area contributed by atoms with Crippen LogP contribution >= 0.6 is 11.6 Å². The summed E-state index contributed by atoms with van der Waals surface area (Å²) in [5, 5.41) is 4.09. The Labute approximate surface area is 118 Å². The third-order valence-electron chi connectivity index (χ3n) is 3.03. The van der Waals surface area contributed by atoms with E-state index in [2.05, 4.69) is 22.2 Å². The highest BCUT2D eigenvalue weighted by molar-refractivity contribution is 6.32. The average molecular weight is 280 g/mol. The lowest BCUT2D eigenvalue weighted by Crippen LogP contribution is -2.21. The van der Waals surface area contributed by atoms with Gasteiger partial charge >= 0.3 is 0 Å². The first-order valence-corrected chi connectivity index (χ1v) is 6.67. The average Bonchev–Trinajstić information content (AvgIpc) is 2.94. The van der Waals surface area contributed by atoms with Crippen molar-refractivity contribution >= 4 is 11.6 Å². The number of nitrogens with one attached hydrogen (secondary N) is 2. The molecule has 0 saturated carbocycles. The second kappa shape index (κ2) is 6.59. The standard InChI is InChI=1S/C14H18ClN3O/c1-3-12(14-16-6-7-17-14)18-9-10-4-5-13(19-2)11(15)8-10/h4-8,12,18H,3,9H2,1-2H3,(H,16,17). The summed E-state index contributed by atoms with van der Waals surface area (Å²) in [6.45, 7) is 2.87.